The molecule has 0 bridgehead atoms. The van der Waals surface area contributed by atoms with Gasteiger partial charge < -0.3 is 5.11 Å². The predicted molar refractivity (Wildman–Crippen MR) is 47.6 cm³/mol. The van der Waals surface area contributed by atoms with Gasteiger partial charge in [-0.3, -0.25) is 0 Å². The van der Waals surface area contributed by atoms with E-state index in [1.807, 2.05) is 0 Å². The van der Waals surface area contributed by atoms with Crippen molar-refractivity contribution in [1.29, 1.82) is 0 Å². The Morgan fingerprint density at radius 3 is 2.69 bits per heavy atom. The first-order valence-corrected chi connectivity index (χ1v) is 4.40. The molecule has 13 heavy (non-hydrogen) atoms. The zero-order valence-electron chi connectivity index (χ0n) is 6.89. The summed E-state index contributed by atoms with van der Waals surface area (Å²) in [4.78, 5) is 3.71. The topological polar surface area (TPSA) is 33.1 Å². The molecule has 2 nitrogen and oxygen atoms in total. The Kier molecular flexibility index (Phi) is 3.33. The molecule has 0 amide bonds. The number of aliphatic hydroxyl groups is 1. The molecule has 0 unspecified atom stereocenters. The van der Waals surface area contributed by atoms with Crippen LogP contribution < -0.4 is 0 Å². The van der Waals surface area contributed by atoms with Crippen molar-refractivity contribution in [3.63, 3.8) is 0 Å². The lowest BCUT2D eigenvalue weighted by molar-refractivity contribution is 0.148. The summed E-state index contributed by atoms with van der Waals surface area (Å²) in [5.74, 6) is 0. The molecule has 5 heteroatoms. The number of aliphatic hydroxyl groups excluding tert-OH is 1. The number of hydrogen-bond donors (Lipinski definition) is 1. The van der Waals surface area contributed by atoms with Crippen LogP contribution in [-0.4, -0.2) is 10.1 Å². The van der Waals surface area contributed by atoms with Crippen LogP contribution in [0.15, 0.2) is 10.8 Å². The Labute approximate surface area is 82.7 Å². The highest BCUT2D eigenvalue weighted by molar-refractivity contribution is 9.10. The zero-order valence-corrected chi connectivity index (χ0v) is 8.48. The first-order valence-electron chi connectivity index (χ1n) is 3.60. The van der Waals surface area contributed by atoms with Crippen molar-refractivity contribution in [2.75, 3.05) is 0 Å². The Hall–Kier alpha value is -0.550. The van der Waals surface area contributed by atoms with E-state index in [0.29, 0.717) is 11.1 Å². The van der Waals surface area contributed by atoms with Gasteiger partial charge in [0, 0.05) is 6.20 Å². The molecule has 0 aliphatic rings. The summed E-state index contributed by atoms with van der Waals surface area (Å²) >= 11 is 2.94. The first kappa shape index (κ1) is 10.5. The third-order valence-electron chi connectivity index (χ3n) is 1.83. The van der Waals surface area contributed by atoms with Gasteiger partial charge >= 0.3 is 0 Å². The minimum Gasteiger partial charge on any atom is -0.392 e. The van der Waals surface area contributed by atoms with E-state index < -0.39 is 6.43 Å². The number of pyridine rings is 1. The number of nitrogens with zero attached hydrogens (tertiary/aromatic N) is 1. The van der Waals surface area contributed by atoms with E-state index >= 15 is 0 Å². The summed E-state index contributed by atoms with van der Waals surface area (Å²) in [5, 5.41) is 8.82. The lowest BCUT2D eigenvalue weighted by atomic mass is 10.1. The highest BCUT2D eigenvalue weighted by atomic mass is 79.9. The lowest BCUT2D eigenvalue weighted by Gasteiger charge is -2.09. The minimum absolute atomic E-state index is 0.136. The predicted octanol–water partition coefficient (Wildman–Crippen LogP) is 2.58. The van der Waals surface area contributed by atoms with Crippen LogP contribution in [0.25, 0.3) is 0 Å². The molecule has 0 aliphatic carbocycles. The molecule has 0 aromatic carbocycles. The van der Waals surface area contributed by atoms with E-state index in [2.05, 4.69) is 20.9 Å². The lowest BCUT2D eigenvalue weighted by Crippen LogP contribution is -1.99. The number of aromatic nitrogens is 1. The average Bonchev–Trinajstić information content (AvgIpc) is 2.04. The molecule has 0 saturated carbocycles. The summed E-state index contributed by atoms with van der Waals surface area (Å²) in [5.41, 5.74) is 0.671. The molecule has 0 radical (unpaired) electrons. The van der Waals surface area contributed by atoms with E-state index in [4.69, 9.17) is 5.11 Å². The van der Waals surface area contributed by atoms with Crippen LogP contribution in [0.4, 0.5) is 8.78 Å². The molecule has 0 fully saturated rings. The van der Waals surface area contributed by atoms with Crippen molar-refractivity contribution >= 4 is 15.9 Å². The fourth-order valence-corrected chi connectivity index (χ4v) is 1.61. The molecule has 0 spiro atoms. The normalized spacial score (nSPS) is 10.9. The third kappa shape index (κ3) is 2.03. The Morgan fingerprint density at radius 1 is 1.62 bits per heavy atom. The second-order valence-electron chi connectivity index (χ2n) is 2.57. The monoisotopic (exact) mass is 251 g/mol. The molecule has 1 aromatic heterocycles. The number of hydrogen-bond acceptors (Lipinski definition) is 2. The fraction of sp³-hybridized carbons (Fsp3) is 0.375. The molecule has 1 aromatic rings. The Balaban J connectivity index is 3.30. The van der Waals surface area contributed by atoms with E-state index in [9.17, 15) is 8.78 Å². The van der Waals surface area contributed by atoms with Crippen LogP contribution in [0.1, 0.15) is 23.1 Å². The molecule has 1 N–H and O–H groups in total. The molecule has 1 rings (SSSR count). The van der Waals surface area contributed by atoms with Crippen LogP contribution >= 0.6 is 15.9 Å². The molecule has 0 atom stereocenters. The quantitative estimate of drug-likeness (QED) is 0.820. The Morgan fingerprint density at radius 2 is 2.23 bits per heavy atom. The van der Waals surface area contributed by atoms with Crippen molar-refractivity contribution in [2.24, 2.45) is 0 Å². The molecule has 0 saturated heterocycles. The van der Waals surface area contributed by atoms with Gasteiger partial charge in [-0.1, -0.05) is 0 Å². The largest absolute Gasteiger partial charge is 0.392 e. The van der Waals surface area contributed by atoms with Gasteiger partial charge in [0.25, 0.3) is 6.43 Å². The highest BCUT2D eigenvalue weighted by Crippen LogP contribution is 2.30. The molecule has 1 heterocycles. The number of alkyl halides is 2. The molecule has 72 valence electrons. The maximum absolute atomic E-state index is 12.5. The summed E-state index contributed by atoms with van der Waals surface area (Å²) in [7, 11) is 0. The van der Waals surface area contributed by atoms with Crippen LogP contribution in [0.5, 0.6) is 0 Å². The minimum atomic E-state index is -2.58. The van der Waals surface area contributed by atoms with Gasteiger partial charge in [-0.15, -0.1) is 0 Å². The summed E-state index contributed by atoms with van der Waals surface area (Å²) in [6.45, 7) is 1.27. The first-order chi connectivity index (χ1) is 6.07. The fourth-order valence-electron chi connectivity index (χ4n) is 1.04. The third-order valence-corrected chi connectivity index (χ3v) is 2.46. The smallest absolute Gasteiger partial charge is 0.266 e. The van der Waals surface area contributed by atoms with E-state index in [0.717, 1.165) is 0 Å². The zero-order chi connectivity index (χ0) is 10.0. The van der Waals surface area contributed by atoms with Crippen molar-refractivity contribution in [1.82, 2.24) is 4.98 Å². The van der Waals surface area contributed by atoms with Crippen molar-refractivity contribution in [2.45, 2.75) is 20.0 Å². The van der Waals surface area contributed by atoms with Crippen molar-refractivity contribution in [3.8, 4) is 0 Å². The summed E-state index contributed by atoms with van der Waals surface area (Å²) < 4.78 is 25.0. The van der Waals surface area contributed by atoms with Gasteiger partial charge in [-0.2, -0.15) is 0 Å². The van der Waals surface area contributed by atoms with Gasteiger partial charge in [0.2, 0.25) is 0 Å². The van der Waals surface area contributed by atoms with Crippen LogP contribution in [0.2, 0.25) is 0 Å². The molecule has 0 aliphatic heterocycles. The maximum Gasteiger partial charge on any atom is 0.266 e. The van der Waals surface area contributed by atoms with E-state index in [1.54, 1.807) is 6.92 Å². The highest BCUT2D eigenvalue weighted by Gasteiger charge is 2.17. The number of halogens is 3. The molecular weight excluding hydrogens is 244 g/mol. The van der Waals surface area contributed by atoms with Crippen LogP contribution in [0, 0.1) is 6.92 Å². The average molecular weight is 252 g/mol. The summed E-state index contributed by atoms with van der Waals surface area (Å²) in [6.07, 6.45) is -1.20. The summed E-state index contributed by atoms with van der Waals surface area (Å²) in [6, 6.07) is 0. The van der Waals surface area contributed by atoms with Gasteiger partial charge in [-0.05, 0) is 34.0 Å². The van der Waals surface area contributed by atoms with Crippen molar-refractivity contribution < 1.29 is 13.9 Å². The van der Waals surface area contributed by atoms with Gasteiger partial charge in [0.15, 0.2) is 0 Å². The van der Waals surface area contributed by atoms with Crippen LogP contribution in [-0.2, 0) is 6.61 Å². The van der Waals surface area contributed by atoms with E-state index in [-0.39, 0.29) is 16.8 Å². The second kappa shape index (κ2) is 4.11. The van der Waals surface area contributed by atoms with Gasteiger partial charge in [-0.25, -0.2) is 13.8 Å². The van der Waals surface area contributed by atoms with Crippen LogP contribution in [0.3, 0.4) is 0 Å². The standard InChI is InChI=1S/C8H8BrF2NO/c1-4-5(3-13)2-12-7(9)6(4)8(10)11/h2,8,13H,3H2,1H3. The maximum atomic E-state index is 12.5. The SMILES string of the molecule is Cc1c(CO)cnc(Br)c1C(F)F. The van der Waals surface area contributed by atoms with E-state index in [1.165, 1.54) is 6.20 Å². The van der Waals surface area contributed by atoms with Crippen molar-refractivity contribution in [3.05, 3.63) is 27.5 Å². The molecular formula is C8H8BrF2NO. The van der Waals surface area contributed by atoms with Gasteiger partial charge in [0.05, 0.1) is 12.2 Å². The van der Waals surface area contributed by atoms with Gasteiger partial charge in [0.1, 0.15) is 4.60 Å². The Bertz CT molecular complexity index is 317. The second-order valence-corrected chi connectivity index (χ2v) is 3.32. The number of rotatable bonds is 2.